The molecule has 0 aliphatic heterocycles. The lowest BCUT2D eigenvalue weighted by Gasteiger charge is -2.13. The third-order valence-electron chi connectivity index (χ3n) is 2.91. The van der Waals surface area contributed by atoms with Gasteiger partial charge in [-0.15, -0.1) is 0 Å². The minimum absolute atomic E-state index is 0.232. The van der Waals surface area contributed by atoms with E-state index in [0.29, 0.717) is 17.9 Å². The van der Waals surface area contributed by atoms with Crippen LogP contribution < -0.4 is 15.8 Å². The SMILES string of the molecule is CCCNS(=O)(=O)c1ccccc1Nc1ccc(N)cc1. The van der Waals surface area contributed by atoms with Crippen LogP contribution in [0.3, 0.4) is 0 Å². The number of hydrogen-bond acceptors (Lipinski definition) is 4. The maximum atomic E-state index is 12.3. The molecule has 5 nitrogen and oxygen atoms in total. The van der Waals surface area contributed by atoms with Gasteiger partial charge in [0.2, 0.25) is 10.0 Å². The quantitative estimate of drug-likeness (QED) is 0.716. The molecule has 0 heterocycles. The molecule has 112 valence electrons. The van der Waals surface area contributed by atoms with Crippen molar-refractivity contribution in [3.8, 4) is 0 Å². The summed E-state index contributed by atoms with van der Waals surface area (Å²) in [5, 5.41) is 3.11. The van der Waals surface area contributed by atoms with E-state index >= 15 is 0 Å². The zero-order chi connectivity index (χ0) is 15.3. The van der Waals surface area contributed by atoms with Crippen LogP contribution in [0.5, 0.6) is 0 Å². The summed E-state index contributed by atoms with van der Waals surface area (Å²) in [4.78, 5) is 0.232. The van der Waals surface area contributed by atoms with Crippen LogP contribution in [0.1, 0.15) is 13.3 Å². The molecule has 0 bridgehead atoms. The fraction of sp³-hybridized carbons (Fsp3) is 0.200. The Morgan fingerprint density at radius 3 is 2.38 bits per heavy atom. The molecule has 0 atom stereocenters. The van der Waals surface area contributed by atoms with E-state index in [1.54, 1.807) is 48.5 Å². The number of sulfonamides is 1. The van der Waals surface area contributed by atoms with Crippen molar-refractivity contribution >= 4 is 27.1 Å². The zero-order valence-corrected chi connectivity index (χ0v) is 12.7. The van der Waals surface area contributed by atoms with Crippen LogP contribution >= 0.6 is 0 Å². The van der Waals surface area contributed by atoms with Crippen LogP contribution in [0.25, 0.3) is 0 Å². The van der Waals surface area contributed by atoms with Gasteiger partial charge in [-0.05, 0) is 42.8 Å². The van der Waals surface area contributed by atoms with E-state index in [1.165, 1.54) is 0 Å². The molecule has 0 fully saturated rings. The minimum Gasteiger partial charge on any atom is -0.399 e. The number of para-hydroxylation sites is 1. The highest BCUT2D eigenvalue weighted by Gasteiger charge is 2.17. The number of nitrogens with two attached hydrogens (primary N) is 1. The Kier molecular flexibility index (Phi) is 4.82. The molecular weight excluding hydrogens is 286 g/mol. The molecule has 6 heteroatoms. The predicted octanol–water partition coefficient (Wildman–Crippen LogP) is 2.70. The maximum Gasteiger partial charge on any atom is 0.242 e. The van der Waals surface area contributed by atoms with Crippen molar-refractivity contribution in [2.45, 2.75) is 18.2 Å². The first-order chi connectivity index (χ1) is 10.0. The topological polar surface area (TPSA) is 84.2 Å². The Bertz CT molecular complexity index is 697. The van der Waals surface area contributed by atoms with Gasteiger partial charge in [-0.3, -0.25) is 0 Å². The third kappa shape index (κ3) is 3.96. The highest BCUT2D eigenvalue weighted by Crippen LogP contribution is 2.25. The fourth-order valence-corrected chi connectivity index (χ4v) is 3.14. The van der Waals surface area contributed by atoms with Crippen LogP contribution in [0.15, 0.2) is 53.4 Å². The van der Waals surface area contributed by atoms with Crippen LogP contribution in [-0.4, -0.2) is 15.0 Å². The summed E-state index contributed by atoms with van der Waals surface area (Å²) < 4.78 is 27.1. The standard InChI is InChI=1S/C15H19N3O2S/c1-2-11-17-21(19,20)15-6-4-3-5-14(15)18-13-9-7-12(16)8-10-13/h3-10,17-18H,2,11,16H2,1H3. The molecule has 0 unspecified atom stereocenters. The number of anilines is 3. The molecule has 0 spiro atoms. The van der Waals surface area contributed by atoms with Gasteiger partial charge < -0.3 is 11.1 Å². The molecule has 2 aromatic carbocycles. The number of benzene rings is 2. The average molecular weight is 305 g/mol. The highest BCUT2D eigenvalue weighted by atomic mass is 32.2. The molecule has 4 N–H and O–H groups in total. The van der Waals surface area contributed by atoms with Gasteiger partial charge in [0, 0.05) is 17.9 Å². The predicted molar refractivity (Wildman–Crippen MR) is 86.1 cm³/mol. The molecular formula is C15H19N3O2S. The van der Waals surface area contributed by atoms with Gasteiger partial charge >= 0.3 is 0 Å². The lowest BCUT2D eigenvalue weighted by molar-refractivity contribution is 0.581. The number of rotatable bonds is 6. The molecule has 0 amide bonds. The zero-order valence-electron chi connectivity index (χ0n) is 11.8. The maximum absolute atomic E-state index is 12.3. The summed E-state index contributed by atoms with van der Waals surface area (Å²) in [5.74, 6) is 0. The van der Waals surface area contributed by atoms with Gasteiger partial charge in [0.25, 0.3) is 0 Å². The lowest BCUT2D eigenvalue weighted by atomic mass is 10.2. The second-order valence-electron chi connectivity index (χ2n) is 4.64. The van der Waals surface area contributed by atoms with E-state index < -0.39 is 10.0 Å². The molecule has 21 heavy (non-hydrogen) atoms. The first-order valence-corrected chi connectivity index (χ1v) is 8.22. The lowest BCUT2D eigenvalue weighted by Crippen LogP contribution is -2.25. The van der Waals surface area contributed by atoms with E-state index in [4.69, 9.17) is 5.73 Å². The van der Waals surface area contributed by atoms with Crippen molar-refractivity contribution in [3.05, 3.63) is 48.5 Å². The average Bonchev–Trinajstić information content (AvgIpc) is 2.48. The molecule has 2 rings (SSSR count). The van der Waals surface area contributed by atoms with Crippen molar-refractivity contribution in [3.63, 3.8) is 0 Å². The molecule has 0 aliphatic carbocycles. The van der Waals surface area contributed by atoms with Crippen molar-refractivity contribution in [2.75, 3.05) is 17.6 Å². The summed E-state index contributed by atoms with van der Waals surface area (Å²) >= 11 is 0. The number of nitrogens with one attached hydrogen (secondary N) is 2. The summed E-state index contributed by atoms with van der Waals surface area (Å²) in [6, 6.07) is 13.9. The normalized spacial score (nSPS) is 11.3. The molecule has 0 saturated carbocycles. The summed E-state index contributed by atoms with van der Waals surface area (Å²) in [6.45, 7) is 2.33. The summed E-state index contributed by atoms with van der Waals surface area (Å²) in [5.41, 5.74) is 7.61. The Morgan fingerprint density at radius 1 is 1.05 bits per heavy atom. The third-order valence-corrected chi connectivity index (χ3v) is 4.43. The van der Waals surface area contributed by atoms with E-state index in [2.05, 4.69) is 10.0 Å². The van der Waals surface area contributed by atoms with Gasteiger partial charge in [-0.25, -0.2) is 13.1 Å². The monoisotopic (exact) mass is 305 g/mol. The van der Waals surface area contributed by atoms with Crippen LogP contribution in [0, 0.1) is 0 Å². The Hall–Kier alpha value is -2.05. The molecule has 0 radical (unpaired) electrons. The van der Waals surface area contributed by atoms with Crippen LogP contribution in [-0.2, 0) is 10.0 Å². The van der Waals surface area contributed by atoms with E-state index in [1.807, 2.05) is 6.92 Å². The molecule has 0 aliphatic rings. The first kappa shape index (κ1) is 15.3. The van der Waals surface area contributed by atoms with Gasteiger partial charge in [0.15, 0.2) is 0 Å². The minimum atomic E-state index is -3.52. The molecule has 0 aromatic heterocycles. The number of nitrogen functional groups attached to an aromatic ring is 1. The van der Waals surface area contributed by atoms with Crippen molar-refractivity contribution in [2.24, 2.45) is 0 Å². The Balaban J connectivity index is 2.30. The van der Waals surface area contributed by atoms with Crippen molar-refractivity contribution < 1.29 is 8.42 Å². The Morgan fingerprint density at radius 2 is 1.71 bits per heavy atom. The second-order valence-corrected chi connectivity index (χ2v) is 6.38. The smallest absolute Gasteiger partial charge is 0.242 e. The van der Waals surface area contributed by atoms with Crippen molar-refractivity contribution in [1.29, 1.82) is 0 Å². The first-order valence-electron chi connectivity index (χ1n) is 6.74. The number of hydrogen-bond donors (Lipinski definition) is 3. The van der Waals surface area contributed by atoms with Gasteiger partial charge in [0.1, 0.15) is 4.90 Å². The largest absolute Gasteiger partial charge is 0.399 e. The van der Waals surface area contributed by atoms with Gasteiger partial charge in [-0.2, -0.15) is 0 Å². The van der Waals surface area contributed by atoms with E-state index in [-0.39, 0.29) is 4.90 Å². The van der Waals surface area contributed by atoms with Crippen LogP contribution in [0.4, 0.5) is 17.1 Å². The Labute approximate surface area is 125 Å². The summed E-state index contributed by atoms with van der Waals surface area (Å²) in [6.07, 6.45) is 0.743. The molecule has 2 aromatic rings. The highest BCUT2D eigenvalue weighted by molar-refractivity contribution is 7.89. The van der Waals surface area contributed by atoms with Gasteiger partial charge in [-0.1, -0.05) is 19.1 Å². The second kappa shape index (κ2) is 6.60. The fourth-order valence-electron chi connectivity index (χ4n) is 1.84. The summed E-state index contributed by atoms with van der Waals surface area (Å²) in [7, 11) is -3.52. The van der Waals surface area contributed by atoms with E-state index in [9.17, 15) is 8.42 Å². The van der Waals surface area contributed by atoms with Crippen molar-refractivity contribution in [1.82, 2.24) is 4.72 Å². The van der Waals surface area contributed by atoms with E-state index in [0.717, 1.165) is 12.1 Å². The van der Waals surface area contributed by atoms with Gasteiger partial charge in [0.05, 0.1) is 5.69 Å². The van der Waals surface area contributed by atoms with Crippen LogP contribution in [0.2, 0.25) is 0 Å². The molecule has 0 saturated heterocycles.